The molecule has 0 aliphatic carbocycles. The lowest BCUT2D eigenvalue weighted by molar-refractivity contribution is -0.651. The molecule has 0 spiro atoms. The van der Waals surface area contributed by atoms with Crippen LogP contribution in [0.25, 0.3) is 10.9 Å². The summed E-state index contributed by atoms with van der Waals surface area (Å²) in [7, 11) is 2.02. The van der Waals surface area contributed by atoms with Crippen LogP contribution in [0.5, 0.6) is 5.75 Å². The first-order chi connectivity index (χ1) is 6.59. The molecule has 72 valence electrons. The van der Waals surface area contributed by atoms with E-state index >= 15 is 0 Å². The Morgan fingerprint density at radius 3 is 2.71 bits per heavy atom. The Bertz CT molecular complexity index is 508. The molecule has 0 saturated heterocycles. The van der Waals surface area contributed by atoms with Crippen LogP contribution in [0.1, 0.15) is 5.69 Å². The molecule has 3 heteroatoms. The molecule has 0 aliphatic heterocycles. The largest absolute Gasteiger partial charge is 0.507 e. The van der Waals surface area contributed by atoms with E-state index in [2.05, 4.69) is 27.4 Å². The van der Waals surface area contributed by atoms with Crippen molar-refractivity contribution in [2.24, 2.45) is 7.05 Å². The van der Waals surface area contributed by atoms with Crippen molar-refractivity contribution < 1.29 is 9.67 Å². The molecule has 2 rings (SSSR count). The van der Waals surface area contributed by atoms with E-state index in [4.69, 9.17) is 0 Å². The third-order valence-corrected chi connectivity index (χ3v) is 3.13. The first-order valence-corrected chi connectivity index (χ1v) is 5.17. The molecule has 0 unspecified atom stereocenters. The summed E-state index contributed by atoms with van der Waals surface area (Å²) in [6, 6.07) is 7.74. The summed E-state index contributed by atoms with van der Waals surface area (Å²) in [6.45, 7) is 2.06. The van der Waals surface area contributed by atoms with Gasteiger partial charge in [0.15, 0.2) is 5.69 Å². The van der Waals surface area contributed by atoms with Gasteiger partial charge >= 0.3 is 0 Å². The van der Waals surface area contributed by atoms with Crippen molar-refractivity contribution in [1.29, 1.82) is 0 Å². The summed E-state index contributed by atoms with van der Waals surface area (Å²) < 4.78 is 2.82. The molecule has 1 aromatic heterocycles. The summed E-state index contributed by atoms with van der Waals surface area (Å²) in [6.07, 6.45) is 0. The maximum Gasteiger partial charge on any atom is 0.213 e. The second-order valence-corrected chi connectivity index (χ2v) is 4.25. The average Bonchev–Trinajstić information content (AvgIpc) is 2.15. The molecule has 0 saturated carbocycles. The van der Waals surface area contributed by atoms with Crippen LogP contribution >= 0.6 is 15.9 Å². The second kappa shape index (κ2) is 3.24. The van der Waals surface area contributed by atoms with Crippen molar-refractivity contribution in [3.63, 3.8) is 0 Å². The van der Waals surface area contributed by atoms with Crippen molar-refractivity contribution in [3.05, 3.63) is 34.4 Å². The van der Waals surface area contributed by atoms with Crippen molar-refractivity contribution >= 4 is 26.8 Å². The van der Waals surface area contributed by atoms with Gasteiger partial charge in [-0.15, -0.1) is 0 Å². The second-order valence-electron chi connectivity index (χ2n) is 3.40. The van der Waals surface area contributed by atoms with Gasteiger partial charge in [-0.3, -0.25) is 0 Å². The van der Waals surface area contributed by atoms with Crippen LogP contribution in [0.4, 0.5) is 0 Å². The number of hydrogen-bond donors (Lipinski definition) is 1. The minimum absolute atomic E-state index is 0.279. The Labute approximate surface area is 90.9 Å². The lowest BCUT2D eigenvalue weighted by Gasteiger charge is -2.01. The van der Waals surface area contributed by atoms with Crippen molar-refractivity contribution in [2.45, 2.75) is 6.92 Å². The SMILES string of the molecule is Cc1ccc2cc(O)c(Br)cc2[n+]1C. The number of aromatic nitrogens is 1. The standard InChI is InChI=1S/C11H10BrNO/c1-7-3-4-8-5-11(14)9(12)6-10(8)13(7)2/h3-6H,1-2H3/p+1. The maximum absolute atomic E-state index is 9.52. The Balaban J connectivity index is 2.89. The lowest BCUT2D eigenvalue weighted by Crippen LogP contribution is -2.32. The highest BCUT2D eigenvalue weighted by Crippen LogP contribution is 2.27. The topological polar surface area (TPSA) is 24.1 Å². The van der Waals surface area contributed by atoms with Crippen molar-refractivity contribution in [2.75, 3.05) is 0 Å². The Kier molecular flexibility index (Phi) is 2.19. The monoisotopic (exact) mass is 252 g/mol. The van der Waals surface area contributed by atoms with Gasteiger partial charge in [-0.1, -0.05) is 0 Å². The molecule has 0 aliphatic rings. The highest BCUT2D eigenvalue weighted by Gasteiger charge is 2.10. The number of halogens is 1. The fourth-order valence-electron chi connectivity index (χ4n) is 1.50. The van der Waals surface area contributed by atoms with Crippen LogP contribution in [0.2, 0.25) is 0 Å². The van der Waals surface area contributed by atoms with Crippen molar-refractivity contribution in [1.82, 2.24) is 0 Å². The van der Waals surface area contributed by atoms with Crippen LogP contribution in [0, 0.1) is 6.92 Å². The van der Waals surface area contributed by atoms with E-state index in [1.54, 1.807) is 6.07 Å². The zero-order valence-corrected chi connectivity index (χ0v) is 9.67. The Hall–Kier alpha value is -1.09. The van der Waals surface area contributed by atoms with Gasteiger partial charge in [0.05, 0.1) is 9.86 Å². The van der Waals surface area contributed by atoms with E-state index < -0.39 is 0 Å². The quantitative estimate of drug-likeness (QED) is 0.716. The highest BCUT2D eigenvalue weighted by atomic mass is 79.9. The van der Waals surface area contributed by atoms with Gasteiger partial charge in [0.25, 0.3) is 0 Å². The molecule has 0 radical (unpaired) electrons. The van der Waals surface area contributed by atoms with E-state index in [1.807, 2.05) is 25.2 Å². The number of hydrogen-bond acceptors (Lipinski definition) is 1. The summed E-state index contributed by atoms with van der Waals surface area (Å²) in [5.74, 6) is 0.279. The number of aryl methyl sites for hydroxylation is 2. The normalized spacial score (nSPS) is 10.8. The van der Waals surface area contributed by atoms with Gasteiger partial charge in [-0.2, -0.15) is 4.57 Å². The smallest absolute Gasteiger partial charge is 0.213 e. The van der Waals surface area contributed by atoms with Crippen molar-refractivity contribution in [3.8, 4) is 5.75 Å². The summed E-state index contributed by atoms with van der Waals surface area (Å²) in [5, 5.41) is 10.6. The van der Waals surface area contributed by atoms with Gasteiger partial charge in [-0.05, 0) is 28.1 Å². The minimum Gasteiger partial charge on any atom is -0.507 e. The van der Waals surface area contributed by atoms with Crippen LogP contribution in [-0.4, -0.2) is 5.11 Å². The fourth-order valence-corrected chi connectivity index (χ4v) is 1.83. The first kappa shape index (κ1) is 9.46. The summed E-state index contributed by atoms with van der Waals surface area (Å²) >= 11 is 3.31. The van der Waals surface area contributed by atoms with Gasteiger partial charge in [0.1, 0.15) is 12.8 Å². The number of nitrogens with zero attached hydrogens (tertiary/aromatic N) is 1. The molecule has 1 aromatic carbocycles. The van der Waals surface area contributed by atoms with Crippen LogP contribution in [0.3, 0.4) is 0 Å². The molecule has 0 atom stereocenters. The van der Waals surface area contributed by atoms with Crippen LogP contribution < -0.4 is 4.57 Å². The van der Waals surface area contributed by atoms with Gasteiger partial charge < -0.3 is 5.11 Å². The molecule has 1 heterocycles. The maximum atomic E-state index is 9.52. The van der Waals surface area contributed by atoms with E-state index in [0.717, 1.165) is 15.4 Å². The van der Waals surface area contributed by atoms with Gasteiger partial charge in [0.2, 0.25) is 5.52 Å². The number of rotatable bonds is 0. The lowest BCUT2D eigenvalue weighted by atomic mass is 10.2. The molecule has 0 fully saturated rings. The number of benzene rings is 1. The zero-order chi connectivity index (χ0) is 10.3. The predicted molar refractivity (Wildman–Crippen MR) is 59.2 cm³/mol. The molecule has 2 nitrogen and oxygen atoms in total. The van der Waals surface area contributed by atoms with E-state index in [0.29, 0.717) is 0 Å². The first-order valence-electron chi connectivity index (χ1n) is 4.37. The van der Waals surface area contributed by atoms with Gasteiger partial charge in [0, 0.05) is 19.1 Å². The third-order valence-electron chi connectivity index (χ3n) is 2.49. The molecule has 2 aromatic rings. The summed E-state index contributed by atoms with van der Waals surface area (Å²) in [5.41, 5.74) is 2.30. The Morgan fingerprint density at radius 1 is 1.29 bits per heavy atom. The molecular weight excluding hydrogens is 242 g/mol. The van der Waals surface area contributed by atoms with Crippen LogP contribution in [-0.2, 0) is 7.05 Å². The average molecular weight is 253 g/mol. The molecule has 0 bridgehead atoms. The molecular formula is C11H11BrNO+. The molecule has 1 N–H and O–H groups in total. The number of fused-ring (bicyclic) bond motifs is 1. The Morgan fingerprint density at radius 2 is 2.00 bits per heavy atom. The number of phenols is 1. The van der Waals surface area contributed by atoms with Crippen LogP contribution in [0.15, 0.2) is 28.7 Å². The highest BCUT2D eigenvalue weighted by molar-refractivity contribution is 9.10. The molecule has 14 heavy (non-hydrogen) atoms. The minimum atomic E-state index is 0.279. The summed E-state index contributed by atoms with van der Waals surface area (Å²) in [4.78, 5) is 0. The predicted octanol–water partition coefficient (Wildman–Crippen LogP) is 2.44. The van der Waals surface area contributed by atoms with E-state index in [-0.39, 0.29) is 5.75 Å². The number of aromatic hydroxyl groups is 1. The van der Waals surface area contributed by atoms with E-state index in [9.17, 15) is 5.11 Å². The number of pyridine rings is 1. The van der Waals surface area contributed by atoms with E-state index in [1.165, 1.54) is 5.69 Å². The third kappa shape index (κ3) is 1.38. The number of phenolic OH excluding ortho intramolecular Hbond substituents is 1. The van der Waals surface area contributed by atoms with Gasteiger partial charge in [-0.25, -0.2) is 0 Å². The molecule has 0 amide bonds. The fraction of sp³-hybridized carbons (Fsp3) is 0.182. The zero-order valence-electron chi connectivity index (χ0n) is 8.08.